The van der Waals surface area contributed by atoms with Crippen molar-refractivity contribution < 1.29 is 14.2 Å². The molecule has 0 aliphatic heterocycles. The normalized spacial score (nSPS) is 11.9. The molecule has 0 radical (unpaired) electrons. The number of thiophene rings is 1. The number of hydrogen-bond donors (Lipinski definition) is 1. The number of aromatic nitrogens is 4. The number of aliphatic hydroxyl groups is 1. The van der Waals surface area contributed by atoms with E-state index in [4.69, 9.17) is 4.74 Å². The van der Waals surface area contributed by atoms with Crippen LogP contribution in [0.4, 0.5) is 4.39 Å². The number of benzene rings is 2. The second-order valence-corrected chi connectivity index (χ2v) is 10.9. The predicted octanol–water partition coefficient (Wildman–Crippen LogP) is 5.93. The van der Waals surface area contributed by atoms with Crippen molar-refractivity contribution in [2.24, 2.45) is 7.05 Å². The minimum atomic E-state index is -1.10. The molecule has 0 unspecified atom stereocenters. The van der Waals surface area contributed by atoms with Gasteiger partial charge in [0.05, 0.1) is 17.5 Å². The van der Waals surface area contributed by atoms with Crippen molar-refractivity contribution in [3.63, 3.8) is 0 Å². The van der Waals surface area contributed by atoms with Gasteiger partial charge in [-0.15, -0.1) is 16.4 Å². The number of pyridine rings is 1. The molecule has 0 amide bonds. The van der Waals surface area contributed by atoms with Crippen LogP contribution in [0.15, 0.2) is 53.6 Å². The van der Waals surface area contributed by atoms with Crippen LogP contribution < -0.4 is 10.3 Å². The van der Waals surface area contributed by atoms with E-state index >= 15 is 0 Å². The molecule has 9 heteroatoms. The van der Waals surface area contributed by atoms with E-state index in [2.05, 4.69) is 10.3 Å². The van der Waals surface area contributed by atoms with Gasteiger partial charge in [-0.2, -0.15) is 0 Å². The van der Waals surface area contributed by atoms with Crippen LogP contribution in [0.3, 0.4) is 0 Å². The maximum Gasteiger partial charge on any atom is 0.268 e. The molecule has 190 valence electrons. The fourth-order valence-electron chi connectivity index (χ4n) is 4.38. The SMILES string of the molecule is Cc1cn(-c2cc3c(-c4cc(C(C)(C)O)ccc4Oc4c(C)cc(F)cc4C)cn(C)c(=O)c3s2)nn1. The summed E-state index contributed by atoms with van der Waals surface area (Å²) in [4.78, 5) is 13.1. The molecule has 0 saturated carbocycles. The molecule has 0 aliphatic rings. The standard InChI is InChI=1S/C28H27FN4O3S/c1-15-9-19(29)10-16(2)25(15)36-23-8-7-18(28(4,5)35)11-20(23)22-14-32(6)27(34)26-21(22)12-24(37-26)33-13-17(3)30-31-33/h7-14,35H,1-6H3. The molecule has 0 spiro atoms. The van der Waals surface area contributed by atoms with Crippen molar-refractivity contribution in [2.75, 3.05) is 0 Å². The Bertz CT molecular complexity index is 1700. The molecule has 5 rings (SSSR count). The van der Waals surface area contributed by atoms with Crippen molar-refractivity contribution in [3.05, 3.63) is 87.3 Å². The lowest BCUT2D eigenvalue weighted by atomic mass is 9.93. The maximum absolute atomic E-state index is 13.9. The van der Waals surface area contributed by atoms with Gasteiger partial charge in [0.1, 0.15) is 27.0 Å². The van der Waals surface area contributed by atoms with Gasteiger partial charge in [0.15, 0.2) is 0 Å². The number of hydrogen-bond acceptors (Lipinski definition) is 6. The zero-order valence-electron chi connectivity index (χ0n) is 21.5. The third-order valence-corrected chi connectivity index (χ3v) is 7.41. The Labute approximate surface area is 217 Å². The summed E-state index contributed by atoms with van der Waals surface area (Å²) in [6, 6.07) is 10.3. The number of ether oxygens (including phenoxy) is 1. The van der Waals surface area contributed by atoms with Gasteiger partial charge in [0.2, 0.25) is 0 Å². The zero-order valence-corrected chi connectivity index (χ0v) is 22.3. The fraction of sp³-hybridized carbons (Fsp3) is 0.250. The minimum Gasteiger partial charge on any atom is -0.456 e. The number of aryl methyl sites for hydroxylation is 4. The van der Waals surface area contributed by atoms with Crippen molar-refractivity contribution in [3.8, 4) is 27.6 Å². The number of fused-ring (bicyclic) bond motifs is 1. The monoisotopic (exact) mass is 518 g/mol. The van der Waals surface area contributed by atoms with Gasteiger partial charge in [0, 0.05) is 29.8 Å². The van der Waals surface area contributed by atoms with Crippen LogP contribution in [0.5, 0.6) is 11.5 Å². The molecule has 0 bridgehead atoms. The van der Waals surface area contributed by atoms with Crippen molar-refractivity contribution >= 4 is 21.4 Å². The first-order chi connectivity index (χ1) is 17.4. The molecule has 0 aliphatic carbocycles. The summed E-state index contributed by atoms with van der Waals surface area (Å²) in [7, 11) is 1.71. The van der Waals surface area contributed by atoms with Gasteiger partial charge in [-0.3, -0.25) is 4.79 Å². The predicted molar refractivity (Wildman–Crippen MR) is 143 cm³/mol. The Morgan fingerprint density at radius 3 is 2.35 bits per heavy atom. The van der Waals surface area contributed by atoms with E-state index in [1.165, 1.54) is 23.5 Å². The van der Waals surface area contributed by atoms with E-state index in [0.29, 0.717) is 38.5 Å². The largest absolute Gasteiger partial charge is 0.456 e. The molecule has 3 heterocycles. The second-order valence-electron chi connectivity index (χ2n) is 9.83. The first kappa shape index (κ1) is 24.9. The van der Waals surface area contributed by atoms with E-state index in [1.807, 2.05) is 25.1 Å². The van der Waals surface area contributed by atoms with Gasteiger partial charge < -0.3 is 14.4 Å². The highest BCUT2D eigenvalue weighted by Crippen LogP contribution is 2.42. The molecule has 1 N–H and O–H groups in total. The van der Waals surface area contributed by atoms with Crippen LogP contribution in [-0.4, -0.2) is 24.7 Å². The van der Waals surface area contributed by atoms with E-state index in [1.54, 1.807) is 62.5 Å². The van der Waals surface area contributed by atoms with Gasteiger partial charge >= 0.3 is 0 Å². The third-order valence-electron chi connectivity index (χ3n) is 6.29. The molecule has 0 saturated heterocycles. The first-order valence-corrected chi connectivity index (χ1v) is 12.6. The Hall–Kier alpha value is -3.82. The Kier molecular flexibility index (Phi) is 6.00. The average molecular weight is 519 g/mol. The Morgan fingerprint density at radius 1 is 1.03 bits per heavy atom. The van der Waals surface area contributed by atoms with E-state index in [-0.39, 0.29) is 11.4 Å². The molecular weight excluding hydrogens is 491 g/mol. The lowest BCUT2D eigenvalue weighted by Gasteiger charge is -2.22. The van der Waals surface area contributed by atoms with Gasteiger partial charge in [0.25, 0.3) is 5.56 Å². The lowest BCUT2D eigenvalue weighted by molar-refractivity contribution is 0.0786. The van der Waals surface area contributed by atoms with Crippen molar-refractivity contribution in [1.82, 2.24) is 19.6 Å². The first-order valence-electron chi connectivity index (χ1n) is 11.8. The number of halogens is 1. The van der Waals surface area contributed by atoms with E-state index in [0.717, 1.165) is 21.6 Å². The Balaban J connectivity index is 1.77. The average Bonchev–Trinajstić information content (AvgIpc) is 3.45. The summed E-state index contributed by atoms with van der Waals surface area (Å²) in [6.45, 7) is 8.88. The van der Waals surface area contributed by atoms with Crippen LogP contribution in [0.1, 0.15) is 36.2 Å². The quantitative estimate of drug-likeness (QED) is 0.312. The van der Waals surface area contributed by atoms with Crippen molar-refractivity contribution in [1.29, 1.82) is 0 Å². The van der Waals surface area contributed by atoms with Crippen LogP contribution in [0.2, 0.25) is 0 Å². The molecular formula is C28H27FN4O3S. The molecule has 7 nitrogen and oxygen atoms in total. The lowest BCUT2D eigenvalue weighted by Crippen LogP contribution is -2.16. The van der Waals surface area contributed by atoms with Gasteiger partial charge in [-0.25, -0.2) is 9.07 Å². The molecule has 0 atom stereocenters. The highest BCUT2D eigenvalue weighted by molar-refractivity contribution is 7.21. The van der Waals surface area contributed by atoms with Crippen LogP contribution in [0.25, 0.3) is 26.2 Å². The molecule has 2 aromatic carbocycles. The van der Waals surface area contributed by atoms with Crippen LogP contribution in [-0.2, 0) is 12.6 Å². The number of nitrogens with zero attached hydrogens (tertiary/aromatic N) is 4. The number of rotatable bonds is 5. The minimum absolute atomic E-state index is 0.127. The summed E-state index contributed by atoms with van der Waals surface area (Å²) >= 11 is 1.33. The van der Waals surface area contributed by atoms with Crippen LogP contribution >= 0.6 is 11.3 Å². The Morgan fingerprint density at radius 2 is 1.73 bits per heavy atom. The summed E-state index contributed by atoms with van der Waals surface area (Å²) in [5.41, 5.74) is 3.01. The molecule has 5 aromatic rings. The topological polar surface area (TPSA) is 82.2 Å². The van der Waals surface area contributed by atoms with Gasteiger partial charge in [-0.1, -0.05) is 11.3 Å². The van der Waals surface area contributed by atoms with E-state index < -0.39 is 5.60 Å². The zero-order chi connectivity index (χ0) is 26.6. The molecule has 3 aromatic heterocycles. The molecule has 37 heavy (non-hydrogen) atoms. The smallest absolute Gasteiger partial charge is 0.268 e. The summed E-state index contributed by atoms with van der Waals surface area (Å²) in [5, 5.41) is 20.5. The third kappa shape index (κ3) is 4.56. The van der Waals surface area contributed by atoms with Crippen molar-refractivity contribution in [2.45, 2.75) is 40.2 Å². The second kappa shape index (κ2) is 8.93. The maximum atomic E-state index is 13.9. The van der Waals surface area contributed by atoms with Gasteiger partial charge in [-0.05, 0) is 81.6 Å². The fourth-order valence-corrected chi connectivity index (χ4v) is 5.46. The summed E-state index contributed by atoms with van der Waals surface area (Å²) in [6.07, 6.45) is 3.58. The summed E-state index contributed by atoms with van der Waals surface area (Å²) < 4.78 is 24.1. The van der Waals surface area contributed by atoms with Crippen LogP contribution in [0, 0.1) is 26.6 Å². The highest BCUT2D eigenvalue weighted by Gasteiger charge is 2.23. The summed E-state index contributed by atoms with van der Waals surface area (Å²) in [5.74, 6) is 0.757. The van der Waals surface area contributed by atoms with E-state index in [9.17, 15) is 14.3 Å². The molecule has 0 fully saturated rings. The highest BCUT2D eigenvalue weighted by atomic mass is 32.1.